The Morgan fingerprint density at radius 2 is 1.69 bits per heavy atom. The molecule has 1 aliphatic rings. The van der Waals surface area contributed by atoms with Gasteiger partial charge in [0.05, 0.1) is 6.42 Å². The van der Waals surface area contributed by atoms with Crippen LogP contribution in [0.2, 0.25) is 0 Å². The molecule has 0 bridgehead atoms. The summed E-state index contributed by atoms with van der Waals surface area (Å²) in [6.45, 7) is 2.34. The van der Waals surface area contributed by atoms with Gasteiger partial charge in [0.2, 0.25) is 5.91 Å². The number of piperazine rings is 1. The van der Waals surface area contributed by atoms with Gasteiger partial charge in [-0.3, -0.25) is 4.79 Å². The molecular formula is C25H25FN2O. The minimum atomic E-state index is -0.258. The smallest absolute Gasteiger partial charge is 0.227 e. The van der Waals surface area contributed by atoms with Crippen molar-refractivity contribution in [3.05, 3.63) is 95.8 Å². The molecule has 3 aromatic carbocycles. The molecule has 1 fully saturated rings. The van der Waals surface area contributed by atoms with Crippen LogP contribution in [0.15, 0.2) is 78.9 Å². The summed E-state index contributed by atoms with van der Waals surface area (Å²) >= 11 is 0. The van der Waals surface area contributed by atoms with Gasteiger partial charge in [-0.1, -0.05) is 66.7 Å². The van der Waals surface area contributed by atoms with Crippen LogP contribution in [-0.2, 0) is 17.6 Å². The Bertz CT molecular complexity index is 956. The summed E-state index contributed by atoms with van der Waals surface area (Å²) < 4.78 is 13.3. The lowest BCUT2D eigenvalue weighted by Crippen LogP contribution is -2.54. The summed E-state index contributed by atoms with van der Waals surface area (Å²) in [5.74, 6) is -0.117. The van der Waals surface area contributed by atoms with E-state index in [1.807, 2.05) is 47.4 Å². The average Bonchev–Trinajstić information content (AvgIpc) is 2.76. The largest absolute Gasteiger partial charge is 0.337 e. The second kappa shape index (κ2) is 9.01. The van der Waals surface area contributed by atoms with Gasteiger partial charge in [0.1, 0.15) is 5.82 Å². The number of nitrogens with one attached hydrogen (secondary N) is 1. The van der Waals surface area contributed by atoms with Crippen LogP contribution >= 0.6 is 0 Å². The van der Waals surface area contributed by atoms with Crippen molar-refractivity contribution < 1.29 is 9.18 Å². The van der Waals surface area contributed by atoms with Gasteiger partial charge in [0, 0.05) is 25.7 Å². The van der Waals surface area contributed by atoms with Gasteiger partial charge in [-0.2, -0.15) is 0 Å². The molecular weight excluding hydrogens is 363 g/mol. The third-order valence-electron chi connectivity index (χ3n) is 5.50. The molecule has 4 heteroatoms. The molecule has 4 rings (SSSR count). The molecule has 0 radical (unpaired) electrons. The Labute approximate surface area is 171 Å². The van der Waals surface area contributed by atoms with Crippen LogP contribution in [0.4, 0.5) is 4.39 Å². The molecule has 29 heavy (non-hydrogen) atoms. The van der Waals surface area contributed by atoms with E-state index in [9.17, 15) is 9.18 Å². The van der Waals surface area contributed by atoms with Crippen LogP contribution < -0.4 is 5.32 Å². The molecule has 148 valence electrons. The van der Waals surface area contributed by atoms with E-state index in [4.69, 9.17) is 0 Å². The van der Waals surface area contributed by atoms with Gasteiger partial charge in [-0.25, -0.2) is 4.39 Å². The summed E-state index contributed by atoms with van der Waals surface area (Å²) in [4.78, 5) is 15.3. The number of carbonyl (C=O) groups is 1. The Kier molecular flexibility index (Phi) is 6.01. The molecule has 1 aliphatic heterocycles. The first-order chi connectivity index (χ1) is 14.2. The van der Waals surface area contributed by atoms with E-state index in [1.165, 1.54) is 17.7 Å². The maximum atomic E-state index is 13.3. The molecule has 1 saturated heterocycles. The monoisotopic (exact) mass is 388 g/mol. The zero-order valence-electron chi connectivity index (χ0n) is 16.4. The molecule has 3 nitrogen and oxygen atoms in total. The zero-order chi connectivity index (χ0) is 20.1. The van der Waals surface area contributed by atoms with Crippen molar-refractivity contribution in [3.63, 3.8) is 0 Å². The molecule has 0 spiro atoms. The molecule has 0 saturated carbocycles. The molecule has 1 amide bonds. The van der Waals surface area contributed by atoms with Crippen LogP contribution in [0.1, 0.15) is 11.1 Å². The number of hydrogen-bond acceptors (Lipinski definition) is 2. The Balaban J connectivity index is 1.53. The summed E-state index contributed by atoms with van der Waals surface area (Å²) in [5, 5.41) is 3.42. The second-order valence-electron chi connectivity index (χ2n) is 7.48. The highest BCUT2D eigenvalue weighted by Gasteiger charge is 2.27. The molecule has 0 aliphatic carbocycles. The fourth-order valence-corrected chi connectivity index (χ4v) is 4.01. The molecule has 1 atom stereocenters. The van der Waals surface area contributed by atoms with E-state index in [0.717, 1.165) is 42.7 Å². The van der Waals surface area contributed by atoms with Crippen LogP contribution in [0, 0.1) is 5.82 Å². The summed E-state index contributed by atoms with van der Waals surface area (Å²) in [6.07, 6.45) is 1.19. The molecule has 3 aromatic rings. The van der Waals surface area contributed by atoms with Gasteiger partial charge >= 0.3 is 0 Å². The highest BCUT2D eigenvalue weighted by Crippen LogP contribution is 2.25. The van der Waals surface area contributed by atoms with Gasteiger partial charge in [0.25, 0.3) is 0 Å². The molecule has 1 N–H and O–H groups in total. The van der Waals surface area contributed by atoms with Crippen molar-refractivity contribution in [2.45, 2.75) is 18.9 Å². The molecule has 1 heterocycles. The first-order valence-corrected chi connectivity index (χ1v) is 10.1. The Morgan fingerprint density at radius 1 is 0.966 bits per heavy atom. The van der Waals surface area contributed by atoms with Gasteiger partial charge in [0.15, 0.2) is 0 Å². The third kappa shape index (κ3) is 4.72. The number of halogens is 1. The van der Waals surface area contributed by atoms with Crippen LogP contribution in [-0.4, -0.2) is 36.5 Å². The lowest BCUT2D eigenvalue weighted by Gasteiger charge is -2.36. The van der Waals surface area contributed by atoms with Crippen molar-refractivity contribution in [1.29, 1.82) is 0 Å². The van der Waals surface area contributed by atoms with Crippen molar-refractivity contribution in [2.75, 3.05) is 19.6 Å². The molecule has 0 aromatic heterocycles. The van der Waals surface area contributed by atoms with Crippen molar-refractivity contribution in [3.8, 4) is 11.1 Å². The number of amides is 1. The summed E-state index contributed by atoms with van der Waals surface area (Å²) in [7, 11) is 0. The number of benzene rings is 3. The highest BCUT2D eigenvalue weighted by molar-refractivity contribution is 5.82. The van der Waals surface area contributed by atoms with Crippen molar-refractivity contribution in [1.82, 2.24) is 10.2 Å². The van der Waals surface area contributed by atoms with Gasteiger partial charge in [-0.15, -0.1) is 0 Å². The van der Waals surface area contributed by atoms with Crippen molar-refractivity contribution in [2.24, 2.45) is 0 Å². The molecule has 1 unspecified atom stereocenters. The highest BCUT2D eigenvalue weighted by atomic mass is 19.1. The van der Waals surface area contributed by atoms with E-state index < -0.39 is 0 Å². The first kappa shape index (κ1) is 19.3. The fourth-order valence-electron chi connectivity index (χ4n) is 4.01. The predicted molar refractivity (Wildman–Crippen MR) is 114 cm³/mol. The van der Waals surface area contributed by atoms with E-state index in [-0.39, 0.29) is 17.8 Å². The average molecular weight is 388 g/mol. The normalized spacial score (nSPS) is 16.6. The first-order valence-electron chi connectivity index (χ1n) is 10.1. The fraction of sp³-hybridized carbons (Fsp3) is 0.240. The van der Waals surface area contributed by atoms with Crippen LogP contribution in [0.25, 0.3) is 11.1 Å². The van der Waals surface area contributed by atoms with E-state index in [2.05, 4.69) is 17.4 Å². The predicted octanol–water partition coefficient (Wildman–Crippen LogP) is 4.08. The minimum absolute atomic E-state index is 0.141. The number of carbonyl (C=O) groups excluding carboxylic acids is 1. The Hall–Kier alpha value is -2.98. The van der Waals surface area contributed by atoms with E-state index in [1.54, 1.807) is 12.1 Å². The topological polar surface area (TPSA) is 32.3 Å². The van der Waals surface area contributed by atoms with Gasteiger partial charge in [-0.05, 0) is 40.8 Å². The minimum Gasteiger partial charge on any atom is -0.337 e. The second-order valence-corrected chi connectivity index (χ2v) is 7.48. The number of nitrogens with zero attached hydrogens (tertiary/aromatic N) is 1. The standard InChI is InChI=1S/C25H25FN2O/c26-22-12-10-20(11-13-22)24-9-5-4-8-21(24)17-25(29)28-15-14-27-18-23(28)16-19-6-2-1-3-7-19/h1-13,23,27H,14-18H2. The summed E-state index contributed by atoms with van der Waals surface area (Å²) in [6, 6.07) is 24.8. The number of hydrogen-bond donors (Lipinski definition) is 1. The summed E-state index contributed by atoms with van der Waals surface area (Å²) in [5.41, 5.74) is 4.12. The lowest BCUT2D eigenvalue weighted by molar-refractivity contribution is -0.133. The maximum Gasteiger partial charge on any atom is 0.227 e. The third-order valence-corrected chi connectivity index (χ3v) is 5.50. The maximum absolute atomic E-state index is 13.3. The number of rotatable bonds is 5. The lowest BCUT2D eigenvalue weighted by atomic mass is 9.96. The quantitative estimate of drug-likeness (QED) is 0.714. The van der Waals surface area contributed by atoms with Gasteiger partial charge < -0.3 is 10.2 Å². The van der Waals surface area contributed by atoms with E-state index in [0.29, 0.717) is 6.42 Å². The van der Waals surface area contributed by atoms with Crippen molar-refractivity contribution >= 4 is 5.91 Å². The van der Waals surface area contributed by atoms with Crippen LogP contribution in [0.3, 0.4) is 0 Å². The van der Waals surface area contributed by atoms with E-state index >= 15 is 0 Å². The Morgan fingerprint density at radius 3 is 2.48 bits per heavy atom. The zero-order valence-corrected chi connectivity index (χ0v) is 16.4. The SMILES string of the molecule is O=C(Cc1ccccc1-c1ccc(F)cc1)N1CCNCC1Cc1ccccc1. The van der Waals surface area contributed by atoms with Crippen LogP contribution in [0.5, 0.6) is 0 Å².